The molecule has 2 aromatic rings. The number of carbonyl (C=O) groups is 1. The van der Waals surface area contributed by atoms with Crippen LogP contribution in [0.1, 0.15) is 31.4 Å². The van der Waals surface area contributed by atoms with E-state index < -0.39 is 5.92 Å². The van der Waals surface area contributed by atoms with Crippen LogP contribution in [0.2, 0.25) is 0 Å². The lowest BCUT2D eigenvalue weighted by Crippen LogP contribution is -2.07. The molecule has 0 aromatic carbocycles. The van der Waals surface area contributed by atoms with Crippen LogP contribution in [0.5, 0.6) is 0 Å². The highest BCUT2D eigenvalue weighted by Crippen LogP contribution is 2.29. The molecule has 0 saturated carbocycles. The minimum absolute atomic E-state index is 0.207. The zero-order valence-corrected chi connectivity index (χ0v) is 13.1. The van der Waals surface area contributed by atoms with E-state index in [1.54, 1.807) is 19.2 Å². The lowest BCUT2D eigenvalue weighted by atomic mass is 9.98. The molecule has 0 amide bonds. The van der Waals surface area contributed by atoms with Crippen molar-refractivity contribution in [2.24, 2.45) is 0 Å². The first-order chi connectivity index (χ1) is 9.65. The molecule has 0 spiro atoms. The number of nitrogens with zero attached hydrogens (tertiary/aromatic N) is 2. The molecule has 0 aliphatic carbocycles. The fourth-order valence-electron chi connectivity index (χ4n) is 1.99. The summed E-state index contributed by atoms with van der Waals surface area (Å²) < 4.78 is 11.1. The normalized spacial score (nSPS) is 12.1. The van der Waals surface area contributed by atoms with Crippen molar-refractivity contribution in [3.05, 3.63) is 27.8 Å². The molecular weight excluding hydrogens is 371 g/mol. The number of ether oxygens (including phenoxy) is 1. The maximum atomic E-state index is 11.4. The zero-order valence-electron chi connectivity index (χ0n) is 10.9. The standard InChI is InChI=1S/C14H13IN2O3/c1-2-19-13(18)4-3-9(8-16)14-10-7-12(15)20-11(10)5-6-17-14/h5-7,9H,2-4H2,1H3. The van der Waals surface area contributed by atoms with Gasteiger partial charge in [-0.2, -0.15) is 5.26 Å². The van der Waals surface area contributed by atoms with Gasteiger partial charge in [0, 0.05) is 18.0 Å². The number of pyridine rings is 1. The van der Waals surface area contributed by atoms with Gasteiger partial charge in [-0.05, 0) is 48.1 Å². The van der Waals surface area contributed by atoms with Crippen molar-refractivity contribution in [2.75, 3.05) is 6.61 Å². The third-order valence-corrected chi connectivity index (χ3v) is 3.41. The third kappa shape index (κ3) is 3.28. The van der Waals surface area contributed by atoms with E-state index in [1.165, 1.54) is 0 Å². The smallest absolute Gasteiger partial charge is 0.305 e. The van der Waals surface area contributed by atoms with Gasteiger partial charge in [0.25, 0.3) is 0 Å². The second-order valence-corrected chi connectivity index (χ2v) is 5.25. The van der Waals surface area contributed by atoms with Crippen molar-refractivity contribution in [3.8, 4) is 6.07 Å². The minimum atomic E-state index is -0.448. The van der Waals surface area contributed by atoms with Crippen LogP contribution >= 0.6 is 22.6 Å². The number of furan rings is 1. The predicted molar refractivity (Wildman–Crippen MR) is 80.9 cm³/mol. The first-order valence-corrected chi connectivity index (χ1v) is 7.32. The van der Waals surface area contributed by atoms with Gasteiger partial charge in [-0.25, -0.2) is 0 Å². The van der Waals surface area contributed by atoms with Gasteiger partial charge in [-0.3, -0.25) is 9.78 Å². The molecular formula is C14H13IN2O3. The molecule has 0 saturated heterocycles. The summed E-state index contributed by atoms with van der Waals surface area (Å²) in [6.45, 7) is 2.11. The third-order valence-electron chi connectivity index (χ3n) is 2.87. The highest BCUT2D eigenvalue weighted by molar-refractivity contribution is 14.1. The second kappa shape index (κ2) is 6.70. The summed E-state index contributed by atoms with van der Waals surface area (Å²) in [6.07, 6.45) is 2.22. The highest BCUT2D eigenvalue weighted by Gasteiger charge is 2.19. The largest absolute Gasteiger partial charge is 0.466 e. The molecule has 0 bridgehead atoms. The van der Waals surface area contributed by atoms with E-state index in [-0.39, 0.29) is 12.4 Å². The van der Waals surface area contributed by atoms with Crippen molar-refractivity contribution in [1.82, 2.24) is 4.98 Å². The van der Waals surface area contributed by atoms with Gasteiger partial charge in [0.15, 0.2) is 3.77 Å². The monoisotopic (exact) mass is 384 g/mol. The Bertz CT molecular complexity index is 660. The van der Waals surface area contributed by atoms with E-state index in [0.29, 0.717) is 24.3 Å². The fourth-order valence-corrected chi connectivity index (χ4v) is 2.54. The molecule has 2 aromatic heterocycles. The molecule has 2 rings (SSSR count). The first-order valence-electron chi connectivity index (χ1n) is 6.25. The average molecular weight is 384 g/mol. The van der Waals surface area contributed by atoms with E-state index in [2.05, 4.69) is 33.6 Å². The van der Waals surface area contributed by atoms with Crippen LogP contribution in [0, 0.1) is 15.1 Å². The van der Waals surface area contributed by atoms with Gasteiger partial charge in [-0.1, -0.05) is 0 Å². The van der Waals surface area contributed by atoms with E-state index in [4.69, 9.17) is 9.15 Å². The fraction of sp³-hybridized carbons (Fsp3) is 0.357. The van der Waals surface area contributed by atoms with Gasteiger partial charge in [-0.15, -0.1) is 0 Å². The van der Waals surface area contributed by atoms with Crippen molar-refractivity contribution >= 4 is 39.5 Å². The van der Waals surface area contributed by atoms with Crippen molar-refractivity contribution in [1.29, 1.82) is 5.26 Å². The van der Waals surface area contributed by atoms with Crippen LogP contribution < -0.4 is 0 Å². The summed E-state index contributed by atoms with van der Waals surface area (Å²) in [4.78, 5) is 15.7. The summed E-state index contributed by atoms with van der Waals surface area (Å²) in [5, 5.41) is 10.1. The quantitative estimate of drug-likeness (QED) is 0.584. The van der Waals surface area contributed by atoms with Crippen LogP contribution in [0.25, 0.3) is 11.0 Å². The molecule has 6 heteroatoms. The van der Waals surface area contributed by atoms with E-state index in [0.717, 1.165) is 9.15 Å². The molecule has 0 aliphatic heterocycles. The number of rotatable bonds is 5. The van der Waals surface area contributed by atoms with Crippen LogP contribution in [-0.4, -0.2) is 17.6 Å². The Balaban J connectivity index is 2.22. The Hall–Kier alpha value is -1.62. The Morgan fingerprint density at radius 2 is 2.45 bits per heavy atom. The molecule has 0 fully saturated rings. The average Bonchev–Trinajstić information content (AvgIpc) is 2.80. The molecule has 104 valence electrons. The van der Waals surface area contributed by atoms with Crippen molar-refractivity contribution in [2.45, 2.75) is 25.7 Å². The van der Waals surface area contributed by atoms with Gasteiger partial charge in [0.2, 0.25) is 0 Å². The second-order valence-electron chi connectivity index (χ2n) is 4.18. The number of halogens is 1. The van der Waals surface area contributed by atoms with Gasteiger partial charge >= 0.3 is 5.97 Å². The minimum Gasteiger partial charge on any atom is -0.466 e. The molecule has 1 unspecified atom stereocenters. The summed E-state index contributed by atoms with van der Waals surface area (Å²) in [5.74, 6) is -0.738. The maximum Gasteiger partial charge on any atom is 0.305 e. The highest BCUT2D eigenvalue weighted by atomic mass is 127. The van der Waals surface area contributed by atoms with Gasteiger partial charge in [0.05, 0.1) is 24.3 Å². The first kappa shape index (κ1) is 14.8. The zero-order chi connectivity index (χ0) is 14.5. The Labute approximate surface area is 130 Å². The number of nitriles is 1. The van der Waals surface area contributed by atoms with Crippen molar-refractivity contribution in [3.63, 3.8) is 0 Å². The number of hydrogen-bond donors (Lipinski definition) is 0. The SMILES string of the molecule is CCOC(=O)CCC(C#N)c1nccc2oc(I)cc12. The van der Waals surface area contributed by atoms with Crippen LogP contribution in [0.15, 0.2) is 22.7 Å². The number of carbonyl (C=O) groups excluding carboxylic acids is 1. The maximum absolute atomic E-state index is 11.4. The molecule has 2 heterocycles. The van der Waals surface area contributed by atoms with E-state index in [1.807, 2.05) is 6.07 Å². The lowest BCUT2D eigenvalue weighted by molar-refractivity contribution is -0.143. The number of hydrogen-bond acceptors (Lipinski definition) is 5. The van der Waals surface area contributed by atoms with Gasteiger partial charge in [0.1, 0.15) is 5.58 Å². The Kier molecular flexibility index (Phi) is 4.95. The van der Waals surface area contributed by atoms with E-state index in [9.17, 15) is 10.1 Å². The molecule has 1 atom stereocenters. The Morgan fingerprint density at radius 3 is 3.15 bits per heavy atom. The van der Waals surface area contributed by atoms with Crippen LogP contribution in [0.3, 0.4) is 0 Å². The van der Waals surface area contributed by atoms with E-state index >= 15 is 0 Å². The van der Waals surface area contributed by atoms with Crippen LogP contribution in [-0.2, 0) is 9.53 Å². The summed E-state index contributed by atoms with van der Waals surface area (Å²) in [6, 6.07) is 5.82. The van der Waals surface area contributed by atoms with Gasteiger partial charge < -0.3 is 9.15 Å². The topological polar surface area (TPSA) is 76.1 Å². The predicted octanol–water partition coefficient (Wildman–Crippen LogP) is 3.38. The summed E-state index contributed by atoms with van der Waals surface area (Å²) in [7, 11) is 0. The summed E-state index contributed by atoms with van der Waals surface area (Å²) >= 11 is 2.08. The molecule has 0 radical (unpaired) electrons. The number of esters is 1. The lowest BCUT2D eigenvalue weighted by Gasteiger charge is -2.08. The molecule has 20 heavy (non-hydrogen) atoms. The number of fused-ring (bicyclic) bond motifs is 1. The number of aromatic nitrogens is 1. The molecule has 0 N–H and O–H groups in total. The van der Waals surface area contributed by atoms with Crippen LogP contribution in [0.4, 0.5) is 0 Å². The summed E-state index contributed by atoms with van der Waals surface area (Å²) in [5.41, 5.74) is 1.36. The van der Waals surface area contributed by atoms with Crippen molar-refractivity contribution < 1.29 is 13.9 Å². The molecule has 0 aliphatic rings. The Morgan fingerprint density at radius 1 is 1.65 bits per heavy atom. The molecule has 5 nitrogen and oxygen atoms in total.